The highest BCUT2D eigenvalue weighted by atomic mass is 35.5. The van der Waals surface area contributed by atoms with Gasteiger partial charge in [-0.3, -0.25) is 0 Å². The lowest BCUT2D eigenvalue weighted by Crippen LogP contribution is -2.25. The maximum absolute atomic E-state index is 6.40. The van der Waals surface area contributed by atoms with Gasteiger partial charge < -0.3 is 10.3 Å². The fraction of sp³-hybridized carbons (Fsp3) is 0.438. The third-order valence-electron chi connectivity index (χ3n) is 3.65. The number of imidazole rings is 1. The molecule has 20 heavy (non-hydrogen) atoms. The number of nitrogens with two attached hydrogens (primary N) is 1. The molecule has 0 atom stereocenters. The summed E-state index contributed by atoms with van der Waals surface area (Å²) >= 11 is 6.08. The normalized spacial score (nSPS) is 15.6. The van der Waals surface area contributed by atoms with Crippen LogP contribution in [0.3, 0.4) is 0 Å². The van der Waals surface area contributed by atoms with Crippen LogP contribution >= 0.6 is 11.6 Å². The van der Waals surface area contributed by atoms with Crippen molar-refractivity contribution < 1.29 is 0 Å². The van der Waals surface area contributed by atoms with Gasteiger partial charge in [-0.1, -0.05) is 23.7 Å². The smallest absolute Gasteiger partial charge is 0.132 e. The summed E-state index contributed by atoms with van der Waals surface area (Å²) in [4.78, 5) is 4.83. The van der Waals surface area contributed by atoms with Crippen molar-refractivity contribution >= 4 is 17.4 Å². The number of halogens is 1. The molecule has 0 bridgehead atoms. The van der Waals surface area contributed by atoms with Gasteiger partial charge >= 0.3 is 0 Å². The predicted molar refractivity (Wildman–Crippen MR) is 84.1 cm³/mol. The van der Waals surface area contributed by atoms with E-state index in [2.05, 4.69) is 25.3 Å². The number of hydrogen-bond acceptors (Lipinski definition) is 2. The molecule has 1 aromatic heterocycles. The number of hydrogen-bond donors (Lipinski definition) is 1. The minimum atomic E-state index is -0.0637. The van der Waals surface area contributed by atoms with Crippen LogP contribution in [0, 0.1) is 0 Å². The monoisotopic (exact) mass is 289 g/mol. The average Bonchev–Trinajstić information content (AvgIpc) is 3.11. The van der Waals surface area contributed by atoms with Crippen molar-refractivity contribution in [3.05, 3.63) is 35.1 Å². The predicted octanol–water partition coefficient (Wildman–Crippen LogP) is 4.42. The Labute approximate surface area is 124 Å². The molecule has 0 radical (unpaired) electrons. The van der Waals surface area contributed by atoms with Gasteiger partial charge in [0.2, 0.25) is 0 Å². The van der Waals surface area contributed by atoms with E-state index in [0.29, 0.717) is 10.9 Å². The molecular weight excluding hydrogens is 270 g/mol. The minimum Gasteiger partial charge on any atom is -0.383 e. The van der Waals surface area contributed by atoms with Gasteiger partial charge in [-0.05, 0) is 45.7 Å². The summed E-state index contributed by atoms with van der Waals surface area (Å²) in [5.74, 6) is 2.41. The van der Waals surface area contributed by atoms with Gasteiger partial charge in [-0.15, -0.1) is 0 Å². The summed E-state index contributed by atoms with van der Waals surface area (Å²) < 4.78 is 2.18. The van der Waals surface area contributed by atoms with E-state index in [1.54, 1.807) is 0 Å². The van der Waals surface area contributed by atoms with Gasteiger partial charge in [0.15, 0.2) is 0 Å². The van der Waals surface area contributed by atoms with Crippen LogP contribution in [0.2, 0.25) is 5.02 Å². The Morgan fingerprint density at radius 3 is 2.55 bits per heavy atom. The largest absolute Gasteiger partial charge is 0.383 e. The van der Waals surface area contributed by atoms with Crippen molar-refractivity contribution in [1.82, 2.24) is 9.55 Å². The number of nitrogens with zero attached hydrogens (tertiary/aromatic N) is 2. The standard InChI is InChI=1S/C16H20ClN3/c1-16(2,3)20-14(18)13(19-15(20)10-7-8-10)11-5-4-6-12(17)9-11/h4-6,9-10H,7-8,18H2,1-3H3. The molecule has 0 saturated heterocycles. The lowest BCUT2D eigenvalue weighted by Gasteiger charge is -2.25. The van der Waals surface area contributed by atoms with Crippen LogP contribution in [0.5, 0.6) is 0 Å². The molecule has 1 fully saturated rings. The molecule has 1 aliphatic rings. The van der Waals surface area contributed by atoms with E-state index >= 15 is 0 Å². The molecule has 0 unspecified atom stereocenters. The molecule has 1 saturated carbocycles. The van der Waals surface area contributed by atoms with Crippen LogP contribution in [-0.4, -0.2) is 9.55 Å². The number of aromatic nitrogens is 2. The molecule has 3 rings (SSSR count). The average molecular weight is 290 g/mol. The molecule has 2 aromatic rings. The van der Waals surface area contributed by atoms with Gasteiger partial charge in [-0.2, -0.15) is 0 Å². The highest BCUT2D eigenvalue weighted by Gasteiger charge is 2.34. The van der Waals surface area contributed by atoms with Crippen LogP contribution in [0.25, 0.3) is 11.3 Å². The van der Waals surface area contributed by atoms with Crippen molar-refractivity contribution in [1.29, 1.82) is 0 Å². The number of anilines is 1. The second kappa shape index (κ2) is 4.52. The van der Waals surface area contributed by atoms with Crippen molar-refractivity contribution in [3.8, 4) is 11.3 Å². The van der Waals surface area contributed by atoms with Gasteiger partial charge in [0.1, 0.15) is 17.3 Å². The zero-order valence-electron chi connectivity index (χ0n) is 12.2. The first-order valence-electron chi connectivity index (χ1n) is 7.02. The first-order valence-corrected chi connectivity index (χ1v) is 7.40. The molecule has 0 spiro atoms. The second-order valence-corrected chi connectivity index (χ2v) is 6.93. The van der Waals surface area contributed by atoms with Crippen LogP contribution in [0.15, 0.2) is 24.3 Å². The van der Waals surface area contributed by atoms with Crippen LogP contribution in [0.1, 0.15) is 45.4 Å². The maximum Gasteiger partial charge on any atom is 0.132 e. The van der Waals surface area contributed by atoms with Crippen LogP contribution in [0.4, 0.5) is 5.82 Å². The van der Waals surface area contributed by atoms with Gasteiger partial charge in [0, 0.05) is 22.0 Å². The Morgan fingerprint density at radius 2 is 2.00 bits per heavy atom. The molecule has 1 aliphatic carbocycles. The summed E-state index contributed by atoms with van der Waals surface area (Å²) in [6.07, 6.45) is 2.42. The molecular formula is C16H20ClN3. The Morgan fingerprint density at radius 1 is 1.30 bits per heavy atom. The summed E-state index contributed by atoms with van der Waals surface area (Å²) in [5, 5.41) is 0.709. The van der Waals surface area contributed by atoms with E-state index in [4.69, 9.17) is 22.3 Å². The highest BCUT2D eigenvalue weighted by Crippen LogP contribution is 2.44. The van der Waals surface area contributed by atoms with Crippen molar-refractivity contribution in [3.63, 3.8) is 0 Å². The van der Waals surface area contributed by atoms with Crippen molar-refractivity contribution in [2.24, 2.45) is 0 Å². The molecule has 2 N–H and O–H groups in total. The quantitative estimate of drug-likeness (QED) is 0.889. The highest BCUT2D eigenvalue weighted by molar-refractivity contribution is 6.30. The second-order valence-electron chi connectivity index (χ2n) is 6.49. The lowest BCUT2D eigenvalue weighted by atomic mass is 10.1. The molecule has 4 heteroatoms. The summed E-state index contributed by atoms with van der Waals surface area (Å²) in [5.41, 5.74) is 8.17. The van der Waals surface area contributed by atoms with Crippen molar-refractivity contribution in [2.75, 3.05) is 5.73 Å². The van der Waals surface area contributed by atoms with E-state index in [9.17, 15) is 0 Å². The summed E-state index contributed by atoms with van der Waals surface area (Å²) in [6, 6.07) is 7.73. The van der Waals surface area contributed by atoms with E-state index in [0.717, 1.165) is 22.9 Å². The van der Waals surface area contributed by atoms with Crippen LogP contribution < -0.4 is 5.73 Å². The molecule has 3 nitrogen and oxygen atoms in total. The third-order valence-corrected chi connectivity index (χ3v) is 3.89. The fourth-order valence-corrected chi connectivity index (χ4v) is 2.81. The van der Waals surface area contributed by atoms with Crippen molar-refractivity contribution in [2.45, 2.75) is 45.1 Å². The third kappa shape index (κ3) is 2.31. The van der Waals surface area contributed by atoms with E-state index < -0.39 is 0 Å². The van der Waals surface area contributed by atoms with Crippen LogP contribution in [-0.2, 0) is 5.54 Å². The first-order chi connectivity index (χ1) is 9.38. The van der Waals surface area contributed by atoms with E-state index in [1.807, 2.05) is 24.3 Å². The molecule has 0 amide bonds. The maximum atomic E-state index is 6.40. The number of benzene rings is 1. The zero-order valence-corrected chi connectivity index (χ0v) is 12.9. The molecule has 1 heterocycles. The Hall–Kier alpha value is -1.48. The summed E-state index contributed by atoms with van der Waals surface area (Å²) in [7, 11) is 0. The Balaban J connectivity index is 2.18. The summed E-state index contributed by atoms with van der Waals surface area (Å²) in [6.45, 7) is 6.50. The molecule has 106 valence electrons. The Bertz CT molecular complexity index is 648. The molecule has 1 aromatic carbocycles. The minimum absolute atomic E-state index is 0.0637. The van der Waals surface area contributed by atoms with Gasteiger partial charge in [0.25, 0.3) is 0 Å². The number of rotatable bonds is 2. The Kier molecular flexibility index (Phi) is 3.05. The first kappa shape index (κ1) is 13.5. The number of nitrogen functional groups attached to an aromatic ring is 1. The SMILES string of the molecule is CC(C)(C)n1c(C2CC2)nc(-c2cccc(Cl)c2)c1N. The van der Waals surface area contributed by atoms with E-state index in [1.165, 1.54) is 12.8 Å². The topological polar surface area (TPSA) is 43.8 Å². The molecule has 0 aliphatic heterocycles. The van der Waals surface area contributed by atoms with E-state index in [-0.39, 0.29) is 5.54 Å². The van der Waals surface area contributed by atoms with Gasteiger partial charge in [-0.25, -0.2) is 4.98 Å². The zero-order chi connectivity index (χ0) is 14.5. The fourth-order valence-electron chi connectivity index (χ4n) is 2.62. The van der Waals surface area contributed by atoms with Gasteiger partial charge in [0.05, 0.1) is 0 Å². The lowest BCUT2D eigenvalue weighted by molar-refractivity contribution is 0.388.